The molecule has 0 aromatic heterocycles. The standard InChI is InChI=1S/C18H24O2.H3N.H2O4S/c1-18-9-8-14-13-5-3-12(19)10-11(13)2-4-15(14)16(18)6-7-17(18)20;;1-5(2,3)4/h3,5,10,14-17,19-20H,2,4,6-9H2,1H3;1H3;(H2,1,2,3,4)/t14-,15-,16+,17+,18+;;/m1../s1. The van der Waals surface area contributed by atoms with Gasteiger partial charge in [-0.25, -0.2) is 0 Å². The van der Waals surface area contributed by atoms with Crippen LogP contribution in [0.15, 0.2) is 18.2 Å². The molecule has 7 nitrogen and oxygen atoms in total. The van der Waals surface area contributed by atoms with Gasteiger partial charge in [0.15, 0.2) is 0 Å². The molecule has 0 bridgehead atoms. The molecule has 148 valence electrons. The molecule has 0 amide bonds. The molecule has 1 aromatic carbocycles. The molecule has 0 spiro atoms. The number of phenols is 1. The van der Waals surface area contributed by atoms with Gasteiger partial charge in [-0.1, -0.05) is 13.0 Å². The Labute approximate surface area is 154 Å². The van der Waals surface area contributed by atoms with Crippen LogP contribution >= 0.6 is 0 Å². The monoisotopic (exact) mass is 387 g/mol. The van der Waals surface area contributed by atoms with Gasteiger partial charge in [-0.15, -0.1) is 0 Å². The van der Waals surface area contributed by atoms with Crippen molar-refractivity contribution in [3.63, 3.8) is 0 Å². The molecule has 0 radical (unpaired) electrons. The number of benzene rings is 1. The van der Waals surface area contributed by atoms with Gasteiger partial charge < -0.3 is 16.4 Å². The minimum atomic E-state index is -4.67. The minimum absolute atomic E-state index is 0. The van der Waals surface area contributed by atoms with Crippen molar-refractivity contribution in [3.05, 3.63) is 29.3 Å². The number of hydrogen-bond acceptors (Lipinski definition) is 5. The number of hydrogen-bond donors (Lipinski definition) is 5. The van der Waals surface area contributed by atoms with Crippen molar-refractivity contribution >= 4 is 10.4 Å². The normalized spacial score (nSPS) is 35.1. The van der Waals surface area contributed by atoms with Gasteiger partial charge in [-0.3, -0.25) is 9.11 Å². The van der Waals surface area contributed by atoms with Crippen LogP contribution in [0.3, 0.4) is 0 Å². The van der Waals surface area contributed by atoms with Crippen LogP contribution in [0.25, 0.3) is 0 Å². The highest BCUT2D eigenvalue weighted by molar-refractivity contribution is 7.79. The van der Waals surface area contributed by atoms with E-state index in [2.05, 4.69) is 13.0 Å². The topological polar surface area (TPSA) is 150 Å². The molecule has 8 heteroatoms. The zero-order valence-corrected chi connectivity index (χ0v) is 15.8. The van der Waals surface area contributed by atoms with E-state index in [1.54, 1.807) is 0 Å². The Kier molecular flexibility index (Phi) is 6.04. The Morgan fingerprint density at radius 3 is 2.42 bits per heavy atom. The van der Waals surface area contributed by atoms with Crippen molar-refractivity contribution in [1.29, 1.82) is 0 Å². The lowest BCUT2D eigenvalue weighted by atomic mass is 9.55. The van der Waals surface area contributed by atoms with Gasteiger partial charge in [-0.2, -0.15) is 8.42 Å². The highest BCUT2D eigenvalue weighted by Crippen LogP contribution is 2.60. The second-order valence-electron chi connectivity index (χ2n) is 7.88. The van der Waals surface area contributed by atoms with Crippen molar-refractivity contribution in [2.24, 2.45) is 17.3 Å². The fourth-order valence-corrected chi connectivity index (χ4v) is 5.54. The average molecular weight is 387 g/mol. The lowest BCUT2D eigenvalue weighted by molar-refractivity contribution is -0.0226. The Bertz CT molecular complexity index is 744. The number of phenolic OH excluding ortho intramolecular Hbond substituents is 1. The third-order valence-electron chi connectivity index (χ3n) is 6.66. The van der Waals surface area contributed by atoms with Crippen LogP contribution in [0.4, 0.5) is 0 Å². The SMILES string of the molecule is C[C@]12CC[C@@H]3c4ccc(O)cc4CC[C@H]3[C@@H]1CC[C@@H]2O.N.O=S(=O)(O)O. The zero-order valence-electron chi connectivity index (χ0n) is 15.0. The summed E-state index contributed by atoms with van der Waals surface area (Å²) in [5.41, 5.74) is 2.99. The molecule has 3 aliphatic carbocycles. The van der Waals surface area contributed by atoms with Crippen molar-refractivity contribution in [1.82, 2.24) is 6.15 Å². The maximum Gasteiger partial charge on any atom is 0.394 e. The highest BCUT2D eigenvalue weighted by atomic mass is 32.3. The molecule has 3 aliphatic rings. The summed E-state index contributed by atoms with van der Waals surface area (Å²) in [5.74, 6) is 2.49. The molecule has 26 heavy (non-hydrogen) atoms. The fraction of sp³-hybridized carbons (Fsp3) is 0.667. The lowest BCUT2D eigenvalue weighted by Gasteiger charge is -2.50. The Morgan fingerprint density at radius 2 is 1.77 bits per heavy atom. The summed E-state index contributed by atoms with van der Waals surface area (Å²) in [7, 11) is -4.67. The van der Waals surface area contributed by atoms with E-state index < -0.39 is 10.4 Å². The van der Waals surface area contributed by atoms with Crippen LogP contribution in [0.2, 0.25) is 0 Å². The van der Waals surface area contributed by atoms with Crippen molar-refractivity contribution in [2.45, 2.75) is 57.5 Å². The Hall–Kier alpha value is -1.19. The number of rotatable bonds is 0. The molecular formula is C18H29NO6S. The van der Waals surface area contributed by atoms with E-state index in [4.69, 9.17) is 17.5 Å². The predicted molar refractivity (Wildman–Crippen MR) is 97.9 cm³/mol. The summed E-state index contributed by atoms with van der Waals surface area (Å²) in [6, 6.07) is 5.96. The smallest absolute Gasteiger partial charge is 0.394 e. The number of fused-ring (bicyclic) bond motifs is 5. The maximum absolute atomic E-state index is 10.4. The quantitative estimate of drug-likeness (QED) is 0.429. The molecule has 7 N–H and O–H groups in total. The Morgan fingerprint density at radius 1 is 1.12 bits per heavy atom. The summed E-state index contributed by atoms with van der Waals surface area (Å²) >= 11 is 0. The molecular weight excluding hydrogens is 358 g/mol. The summed E-state index contributed by atoms with van der Waals surface area (Å²) in [5, 5.41) is 20.0. The van der Waals surface area contributed by atoms with E-state index in [1.807, 2.05) is 12.1 Å². The van der Waals surface area contributed by atoms with Crippen molar-refractivity contribution in [2.75, 3.05) is 0 Å². The second-order valence-corrected chi connectivity index (χ2v) is 8.78. The molecule has 0 saturated heterocycles. The number of aliphatic hydroxyl groups excluding tert-OH is 1. The third-order valence-corrected chi connectivity index (χ3v) is 6.66. The van der Waals surface area contributed by atoms with Gasteiger partial charge in [0.25, 0.3) is 0 Å². The van der Waals surface area contributed by atoms with E-state index in [0.29, 0.717) is 17.6 Å². The first-order valence-electron chi connectivity index (χ1n) is 8.79. The van der Waals surface area contributed by atoms with Crippen LogP contribution in [-0.4, -0.2) is 33.8 Å². The van der Waals surface area contributed by atoms with Crippen molar-refractivity contribution < 1.29 is 27.7 Å². The molecule has 5 atom stereocenters. The summed E-state index contributed by atoms with van der Waals surface area (Å²) in [6.45, 7) is 2.32. The third kappa shape index (κ3) is 4.04. The number of aliphatic hydroxyl groups is 1. The largest absolute Gasteiger partial charge is 0.508 e. The van der Waals surface area contributed by atoms with E-state index >= 15 is 0 Å². The average Bonchev–Trinajstić information content (AvgIpc) is 2.81. The molecule has 1 aromatic rings. The van der Waals surface area contributed by atoms with Crippen LogP contribution in [-0.2, 0) is 16.8 Å². The van der Waals surface area contributed by atoms with Crippen molar-refractivity contribution in [3.8, 4) is 5.75 Å². The lowest BCUT2D eigenvalue weighted by Crippen LogP contribution is -2.43. The first-order valence-corrected chi connectivity index (χ1v) is 10.2. The van der Waals surface area contributed by atoms with E-state index in [-0.39, 0.29) is 17.7 Å². The van der Waals surface area contributed by atoms with Crippen LogP contribution in [0.1, 0.15) is 56.1 Å². The van der Waals surface area contributed by atoms with E-state index in [0.717, 1.165) is 25.2 Å². The van der Waals surface area contributed by atoms with Gasteiger partial charge in [0, 0.05) is 0 Å². The van der Waals surface area contributed by atoms with E-state index in [1.165, 1.54) is 30.4 Å². The van der Waals surface area contributed by atoms with Gasteiger partial charge in [0.05, 0.1) is 6.10 Å². The highest BCUT2D eigenvalue weighted by Gasteiger charge is 2.54. The fourth-order valence-electron chi connectivity index (χ4n) is 5.54. The zero-order chi connectivity index (χ0) is 18.4. The van der Waals surface area contributed by atoms with Gasteiger partial charge in [0.1, 0.15) is 5.75 Å². The molecule has 2 fully saturated rings. The summed E-state index contributed by atoms with van der Waals surface area (Å²) < 4.78 is 31.6. The van der Waals surface area contributed by atoms with Crippen LogP contribution in [0.5, 0.6) is 5.75 Å². The maximum atomic E-state index is 10.4. The number of aryl methyl sites for hydroxylation is 1. The summed E-state index contributed by atoms with van der Waals surface area (Å²) in [6.07, 6.45) is 6.78. The molecule has 4 rings (SSSR count). The molecule has 0 aliphatic heterocycles. The van der Waals surface area contributed by atoms with Gasteiger partial charge >= 0.3 is 10.4 Å². The minimum Gasteiger partial charge on any atom is -0.508 e. The van der Waals surface area contributed by atoms with E-state index in [9.17, 15) is 10.2 Å². The predicted octanol–water partition coefficient (Wildman–Crippen LogP) is 3.12. The van der Waals surface area contributed by atoms with Crippen LogP contribution in [0, 0.1) is 17.3 Å². The first-order chi connectivity index (χ1) is 11.6. The Balaban J connectivity index is 0.000000362. The van der Waals surface area contributed by atoms with Gasteiger partial charge in [-0.05, 0) is 85.0 Å². The molecule has 0 unspecified atom stereocenters. The molecule has 2 saturated carbocycles. The second kappa shape index (κ2) is 7.44. The van der Waals surface area contributed by atoms with Gasteiger partial charge in [0.2, 0.25) is 0 Å². The first kappa shape index (κ1) is 21.1. The summed E-state index contributed by atoms with van der Waals surface area (Å²) in [4.78, 5) is 0. The molecule has 0 heterocycles. The number of aromatic hydroxyl groups is 1. The van der Waals surface area contributed by atoms with Crippen LogP contribution < -0.4 is 6.15 Å².